The molecule has 4 nitrogen and oxygen atoms in total. The second kappa shape index (κ2) is 7.14. The fraction of sp³-hybridized carbons (Fsp3) is 0.533. The highest BCUT2D eigenvalue weighted by molar-refractivity contribution is 5.81. The van der Waals surface area contributed by atoms with Gasteiger partial charge in [0.25, 0.3) is 0 Å². The van der Waals surface area contributed by atoms with E-state index >= 15 is 0 Å². The van der Waals surface area contributed by atoms with Crippen LogP contribution in [0.4, 0.5) is 0 Å². The van der Waals surface area contributed by atoms with Crippen LogP contribution in [-0.4, -0.2) is 31.0 Å². The molecule has 0 heterocycles. The maximum atomic E-state index is 12.1. The van der Waals surface area contributed by atoms with Crippen molar-refractivity contribution in [1.82, 2.24) is 4.90 Å². The van der Waals surface area contributed by atoms with Gasteiger partial charge >= 0.3 is 0 Å². The van der Waals surface area contributed by atoms with Gasteiger partial charge in [0.15, 0.2) is 0 Å². The summed E-state index contributed by atoms with van der Waals surface area (Å²) >= 11 is 0. The second-order valence-corrected chi connectivity index (χ2v) is 4.90. The number of rotatable bonds is 6. The van der Waals surface area contributed by atoms with E-state index in [4.69, 9.17) is 10.5 Å². The number of amides is 1. The van der Waals surface area contributed by atoms with Crippen LogP contribution in [0.25, 0.3) is 0 Å². The summed E-state index contributed by atoms with van der Waals surface area (Å²) in [6, 6.07) is 5.54. The molecule has 0 saturated heterocycles. The van der Waals surface area contributed by atoms with Crippen LogP contribution in [0.1, 0.15) is 30.9 Å². The molecule has 1 aromatic rings. The van der Waals surface area contributed by atoms with Gasteiger partial charge in [-0.25, -0.2) is 0 Å². The number of hydrogen-bond donors (Lipinski definition) is 1. The molecule has 0 fully saturated rings. The SMILES string of the molecule is CCC[C@H](N)C(=O)N(C)Cc1cc(C)ccc1OC. The van der Waals surface area contributed by atoms with Crippen LogP contribution in [-0.2, 0) is 11.3 Å². The Bertz CT molecular complexity index is 432. The molecule has 0 radical (unpaired) electrons. The molecule has 0 unspecified atom stereocenters. The summed E-state index contributed by atoms with van der Waals surface area (Å²) in [5.41, 5.74) is 8.01. The maximum Gasteiger partial charge on any atom is 0.239 e. The summed E-state index contributed by atoms with van der Waals surface area (Å²) in [6.07, 6.45) is 1.63. The zero-order valence-electron chi connectivity index (χ0n) is 12.3. The van der Waals surface area contributed by atoms with Crippen molar-refractivity contribution in [2.45, 2.75) is 39.3 Å². The number of carbonyl (C=O) groups is 1. The van der Waals surface area contributed by atoms with Gasteiger partial charge in [-0.15, -0.1) is 0 Å². The van der Waals surface area contributed by atoms with E-state index in [-0.39, 0.29) is 5.91 Å². The van der Waals surface area contributed by atoms with Gasteiger partial charge in [0.05, 0.1) is 13.2 Å². The largest absolute Gasteiger partial charge is 0.496 e. The summed E-state index contributed by atoms with van der Waals surface area (Å²) < 4.78 is 5.32. The molecule has 2 N–H and O–H groups in total. The molecule has 4 heteroatoms. The minimum Gasteiger partial charge on any atom is -0.496 e. The van der Waals surface area contributed by atoms with Crippen molar-refractivity contribution in [3.8, 4) is 5.75 Å². The minimum atomic E-state index is -0.411. The van der Waals surface area contributed by atoms with E-state index < -0.39 is 6.04 Å². The summed E-state index contributed by atoms with van der Waals surface area (Å²) in [7, 11) is 3.42. The van der Waals surface area contributed by atoms with Crippen molar-refractivity contribution >= 4 is 5.91 Å². The monoisotopic (exact) mass is 264 g/mol. The average Bonchev–Trinajstić information content (AvgIpc) is 2.38. The van der Waals surface area contributed by atoms with E-state index in [1.807, 2.05) is 32.0 Å². The lowest BCUT2D eigenvalue weighted by Gasteiger charge is -2.22. The molecular formula is C15H24N2O2. The van der Waals surface area contributed by atoms with Crippen LogP contribution in [0.2, 0.25) is 0 Å². The smallest absolute Gasteiger partial charge is 0.239 e. The Morgan fingerprint density at radius 1 is 1.47 bits per heavy atom. The first kappa shape index (κ1) is 15.5. The van der Waals surface area contributed by atoms with Gasteiger partial charge in [-0.3, -0.25) is 4.79 Å². The predicted octanol–water partition coefficient (Wildman–Crippen LogP) is 2.09. The van der Waals surface area contributed by atoms with Crippen molar-refractivity contribution in [3.05, 3.63) is 29.3 Å². The van der Waals surface area contributed by atoms with E-state index in [1.54, 1.807) is 19.1 Å². The molecule has 0 spiro atoms. The maximum absolute atomic E-state index is 12.1. The van der Waals surface area contributed by atoms with Crippen LogP contribution in [0.3, 0.4) is 0 Å². The lowest BCUT2D eigenvalue weighted by atomic mass is 10.1. The Labute approximate surface area is 115 Å². The number of aryl methyl sites for hydroxylation is 1. The molecule has 19 heavy (non-hydrogen) atoms. The lowest BCUT2D eigenvalue weighted by molar-refractivity contribution is -0.132. The highest BCUT2D eigenvalue weighted by atomic mass is 16.5. The summed E-state index contributed by atoms with van der Waals surface area (Å²) in [6.45, 7) is 4.56. The van der Waals surface area contributed by atoms with Gasteiger partial charge in [-0.05, 0) is 19.4 Å². The number of methoxy groups -OCH3 is 1. The van der Waals surface area contributed by atoms with Gasteiger partial charge < -0.3 is 15.4 Å². The molecule has 1 atom stereocenters. The zero-order valence-corrected chi connectivity index (χ0v) is 12.3. The average molecular weight is 264 g/mol. The number of benzene rings is 1. The van der Waals surface area contributed by atoms with E-state index in [0.29, 0.717) is 13.0 Å². The Hall–Kier alpha value is -1.55. The normalized spacial score (nSPS) is 12.1. The number of hydrogen-bond acceptors (Lipinski definition) is 3. The third kappa shape index (κ3) is 4.24. The van der Waals surface area contributed by atoms with Crippen molar-refractivity contribution in [2.24, 2.45) is 5.73 Å². The first-order valence-electron chi connectivity index (χ1n) is 6.63. The van der Waals surface area contributed by atoms with Crippen LogP contribution in [0.15, 0.2) is 18.2 Å². The molecule has 0 aliphatic carbocycles. The van der Waals surface area contributed by atoms with Crippen molar-refractivity contribution in [2.75, 3.05) is 14.2 Å². The topological polar surface area (TPSA) is 55.6 Å². The fourth-order valence-electron chi connectivity index (χ4n) is 2.08. The summed E-state index contributed by atoms with van der Waals surface area (Å²) in [5.74, 6) is 0.778. The molecule has 0 bridgehead atoms. The number of nitrogens with zero attached hydrogens (tertiary/aromatic N) is 1. The lowest BCUT2D eigenvalue weighted by Crippen LogP contribution is -2.41. The Morgan fingerprint density at radius 3 is 2.74 bits per heavy atom. The molecule has 1 rings (SSSR count). The predicted molar refractivity (Wildman–Crippen MR) is 77.1 cm³/mol. The van der Waals surface area contributed by atoms with Gasteiger partial charge in [0.1, 0.15) is 5.75 Å². The Kier molecular flexibility index (Phi) is 5.83. The Morgan fingerprint density at radius 2 is 2.16 bits per heavy atom. The summed E-state index contributed by atoms with van der Waals surface area (Å²) in [4.78, 5) is 13.7. The molecule has 0 aliphatic heterocycles. The standard InChI is InChI=1S/C15H24N2O2/c1-5-6-13(16)15(18)17(3)10-12-9-11(2)7-8-14(12)19-4/h7-9,13H,5-6,10,16H2,1-4H3/t13-/m0/s1. The third-order valence-electron chi connectivity index (χ3n) is 3.14. The Balaban J connectivity index is 2.78. The quantitative estimate of drug-likeness (QED) is 0.856. The number of likely N-dealkylation sites (N-methyl/N-ethyl adjacent to an activating group) is 1. The van der Waals surface area contributed by atoms with Gasteiger partial charge in [-0.1, -0.05) is 31.0 Å². The first-order chi connectivity index (χ1) is 8.99. The van der Waals surface area contributed by atoms with Crippen LogP contribution >= 0.6 is 0 Å². The van der Waals surface area contributed by atoms with Crippen LogP contribution in [0.5, 0.6) is 5.75 Å². The zero-order chi connectivity index (χ0) is 14.4. The highest BCUT2D eigenvalue weighted by Gasteiger charge is 2.18. The molecular weight excluding hydrogens is 240 g/mol. The van der Waals surface area contributed by atoms with E-state index in [1.165, 1.54) is 0 Å². The van der Waals surface area contributed by atoms with Gasteiger partial charge in [-0.2, -0.15) is 0 Å². The number of nitrogens with two attached hydrogens (primary N) is 1. The van der Waals surface area contributed by atoms with Crippen LogP contribution < -0.4 is 10.5 Å². The van der Waals surface area contributed by atoms with Gasteiger partial charge in [0.2, 0.25) is 5.91 Å². The van der Waals surface area contributed by atoms with Crippen molar-refractivity contribution in [3.63, 3.8) is 0 Å². The molecule has 0 saturated carbocycles. The van der Waals surface area contributed by atoms with Crippen LogP contribution in [0, 0.1) is 6.92 Å². The minimum absolute atomic E-state index is 0.0228. The van der Waals surface area contributed by atoms with Gasteiger partial charge in [0, 0.05) is 19.2 Å². The van der Waals surface area contributed by atoms with Crippen molar-refractivity contribution in [1.29, 1.82) is 0 Å². The molecule has 0 aromatic heterocycles. The number of ether oxygens (including phenoxy) is 1. The molecule has 0 aliphatic rings. The summed E-state index contributed by atoms with van der Waals surface area (Å²) in [5, 5.41) is 0. The van der Waals surface area contributed by atoms with E-state index in [0.717, 1.165) is 23.3 Å². The second-order valence-electron chi connectivity index (χ2n) is 4.90. The van der Waals surface area contributed by atoms with E-state index in [9.17, 15) is 4.79 Å². The fourth-order valence-corrected chi connectivity index (χ4v) is 2.08. The highest BCUT2D eigenvalue weighted by Crippen LogP contribution is 2.21. The number of carbonyl (C=O) groups excluding carboxylic acids is 1. The first-order valence-corrected chi connectivity index (χ1v) is 6.63. The molecule has 106 valence electrons. The molecule has 1 aromatic carbocycles. The van der Waals surface area contributed by atoms with E-state index in [2.05, 4.69) is 0 Å². The molecule has 1 amide bonds. The van der Waals surface area contributed by atoms with Crippen molar-refractivity contribution < 1.29 is 9.53 Å². The third-order valence-corrected chi connectivity index (χ3v) is 3.14.